The van der Waals surface area contributed by atoms with Gasteiger partial charge in [-0.05, 0) is 45.0 Å². The molecule has 7 nitrogen and oxygen atoms in total. The second-order valence-electron chi connectivity index (χ2n) is 5.35. The molecule has 0 spiro atoms. The number of aryl methyl sites for hydroxylation is 1. The van der Waals surface area contributed by atoms with Crippen LogP contribution in [0.2, 0.25) is 0 Å². The Balaban J connectivity index is 2.18. The van der Waals surface area contributed by atoms with Crippen molar-refractivity contribution >= 4 is 21.7 Å². The highest BCUT2D eigenvalue weighted by molar-refractivity contribution is 7.92. The fourth-order valence-corrected chi connectivity index (χ4v) is 3.17. The summed E-state index contributed by atoms with van der Waals surface area (Å²) in [5.41, 5.74) is 1.25. The van der Waals surface area contributed by atoms with E-state index in [-0.39, 0.29) is 11.0 Å². The number of anilines is 1. The zero-order valence-corrected chi connectivity index (χ0v) is 14.2. The number of aromatic nitrogens is 2. The SMILES string of the molecule is Cc1c(S(=O)(=O)Nc2ccc(C(=O)OC(C)C)cc2)cnn1C. The highest BCUT2D eigenvalue weighted by Gasteiger charge is 2.20. The van der Waals surface area contributed by atoms with E-state index in [2.05, 4.69) is 9.82 Å². The molecule has 2 rings (SSSR count). The number of nitrogens with zero attached hydrogens (tertiary/aromatic N) is 2. The lowest BCUT2D eigenvalue weighted by Gasteiger charge is -2.10. The maximum absolute atomic E-state index is 12.3. The minimum absolute atomic E-state index is 0.114. The van der Waals surface area contributed by atoms with Crippen molar-refractivity contribution in [2.45, 2.75) is 31.8 Å². The lowest BCUT2D eigenvalue weighted by molar-refractivity contribution is 0.0378. The summed E-state index contributed by atoms with van der Waals surface area (Å²) in [5.74, 6) is -0.447. The van der Waals surface area contributed by atoms with Crippen LogP contribution in [0.15, 0.2) is 35.4 Å². The van der Waals surface area contributed by atoms with E-state index in [9.17, 15) is 13.2 Å². The number of sulfonamides is 1. The first-order valence-corrected chi connectivity index (χ1v) is 8.51. The second-order valence-corrected chi connectivity index (χ2v) is 7.01. The summed E-state index contributed by atoms with van der Waals surface area (Å²) in [5, 5.41) is 3.93. The summed E-state index contributed by atoms with van der Waals surface area (Å²) < 4.78 is 33.7. The molecule has 0 radical (unpaired) electrons. The van der Waals surface area contributed by atoms with E-state index in [1.54, 1.807) is 27.8 Å². The molecule has 2 aromatic rings. The largest absolute Gasteiger partial charge is 0.459 e. The number of carbonyl (C=O) groups excluding carboxylic acids is 1. The van der Waals surface area contributed by atoms with Gasteiger partial charge in [0.2, 0.25) is 0 Å². The second kappa shape index (κ2) is 6.41. The number of carbonyl (C=O) groups is 1. The lowest BCUT2D eigenvalue weighted by atomic mass is 10.2. The predicted octanol–water partition coefficient (Wildman–Crippen LogP) is 2.09. The number of hydrogen-bond acceptors (Lipinski definition) is 5. The number of hydrogen-bond donors (Lipinski definition) is 1. The third-order valence-corrected chi connectivity index (χ3v) is 4.68. The first-order chi connectivity index (χ1) is 10.7. The van der Waals surface area contributed by atoms with Crippen molar-refractivity contribution in [3.05, 3.63) is 41.7 Å². The van der Waals surface area contributed by atoms with Gasteiger partial charge in [-0.2, -0.15) is 5.10 Å². The molecule has 1 aromatic heterocycles. The van der Waals surface area contributed by atoms with Crippen molar-refractivity contribution in [1.82, 2.24) is 9.78 Å². The molecule has 1 heterocycles. The van der Waals surface area contributed by atoms with Gasteiger partial charge in [0.1, 0.15) is 4.90 Å². The van der Waals surface area contributed by atoms with Crippen LogP contribution in [-0.4, -0.2) is 30.3 Å². The van der Waals surface area contributed by atoms with E-state index < -0.39 is 16.0 Å². The Morgan fingerprint density at radius 2 is 1.87 bits per heavy atom. The fourth-order valence-electron chi connectivity index (χ4n) is 1.91. The Labute approximate surface area is 135 Å². The van der Waals surface area contributed by atoms with E-state index >= 15 is 0 Å². The average Bonchev–Trinajstić information content (AvgIpc) is 2.79. The zero-order chi connectivity index (χ0) is 17.2. The number of nitrogens with one attached hydrogen (secondary N) is 1. The molecule has 124 valence electrons. The molecule has 0 aliphatic carbocycles. The van der Waals surface area contributed by atoms with E-state index in [4.69, 9.17) is 4.74 Å². The highest BCUT2D eigenvalue weighted by Crippen LogP contribution is 2.19. The van der Waals surface area contributed by atoms with Gasteiger partial charge in [0, 0.05) is 12.7 Å². The topological polar surface area (TPSA) is 90.3 Å². The normalized spacial score (nSPS) is 11.5. The summed E-state index contributed by atoms with van der Waals surface area (Å²) >= 11 is 0. The van der Waals surface area contributed by atoms with Crippen molar-refractivity contribution < 1.29 is 17.9 Å². The van der Waals surface area contributed by atoms with Crippen LogP contribution in [0.1, 0.15) is 29.9 Å². The van der Waals surface area contributed by atoms with Crippen LogP contribution in [0.4, 0.5) is 5.69 Å². The minimum atomic E-state index is -3.72. The van der Waals surface area contributed by atoms with Crippen LogP contribution in [0, 0.1) is 6.92 Å². The van der Waals surface area contributed by atoms with E-state index in [0.717, 1.165) is 0 Å². The molecule has 0 fully saturated rings. The van der Waals surface area contributed by atoms with Gasteiger partial charge in [0.15, 0.2) is 0 Å². The van der Waals surface area contributed by atoms with Gasteiger partial charge < -0.3 is 4.74 Å². The first kappa shape index (κ1) is 17.0. The third kappa shape index (κ3) is 3.89. The van der Waals surface area contributed by atoms with Crippen molar-refractivity contribution in [2.24, 2.45) is 7.05 Å². The summed E-state index contributed by atoms with van der Waals surface area (Å²) in [6.07, 6.45) is 1.08. The van der Waals surface area contributed by atoms with Gasteiger partial charge in [-0.25, -0.2) is 13.2 Å². The monoisotopic (exact) mass is 337 g/mol. The number of esters is 1. The van der Waals surface area contributed by atoms with Gasteiger partial charge in [0.05, 0.1) is 23.6 Å². The minimum Gasteiger partial charge on any atom is -0.459 e. The van der Waals surface area contributed by atoms with Gasteiger partial charge in [-0.1, -0.05) is 0 Å². The molecule has 0 unspecified atom stereocenters. The van der Waals surface area contributed by atoms with E-state index in [1.807, 2.05) is 0 Å². The molecular weight excluding hydrogens is 318 g/mol. The molecule has 0 aliphatic rings. The van der Waals surface area contributed by atoms with Crippen LogP contribution in [0.25, 0.3) is 0 Å². The van der Waals surface area contributed by atoms with Crippen molar-refractivity contribution in [2.75, 3.05) is 4.72 Å². The van der Waals surface area contributed by atoms with Gasteiger partial charge in [-0.3, -0.25) is 9.40 Å². The third-order valence-electron chi connectivity index (χ3n) is 3.20. The zero-order valence-electron chi connectivity index (χ0n) is 13.4. The van der Waals surface area contributed by atoms with Crippen LogP contribution in [-0.2, 0) is 21.8 Å². The quantitative estimate of drug-likeness (QED) is 0.844. The van der Waals surface area contributed by atoms with Crippen LogP contribution >= 0.6 is 0 Å². The molecule has 0 atom stereocenters. The van der Waals surface area contributed by atoms with Crippen molar-refractivity contribution in [3.63, 3.8) is 0 Å². The lowest BCUT2D eigenvalue weighted by Crippen LogP contribution is -2.14. The molecule has 0 amide bonds. The number of rotatable bonds is 5. The molecule has 1 N–H and O–H groups in total. The van der Waals surface area contributed by atoms with E-state index in [1.165, 1.54) is 35.1 Å². The van der Waals surface area contributed by atoms with Gasteiger partial charge in [0.25, 0.3) is 10.0 Å². The Morgan fingerprint density at radius 3 is 2.35 bits per heavy atom. The molecule has 0 aliphatic heterocycles. The molecule has 0 saturated carbocycles. The van der Waals surface area contributed by atoms with Gasteiger partial charge >= 0.3 is 5.97 Å². The first-order valence-electron chi connectivity index (χ1n) is 7.03. The van der Waals surface area contributed by atoms with E-state index in [0.29, 0.717) is 16.9 Å². The molecular formula is C15H19N3O4S. The smallest absolute Gasteiger partial charge is 0.338 e. The maximum Gasteiger partial charge on any atom is 0.338 e. The standard InChI is InChI=1S/C15H19N3O4S/c1-10(2)22-15(19)12-5-7-13(8-6-12)17-23(20,21)14-9-16-18(4)11(14)3/h5-10,17H,1-4H3. The maximum atomic E-state index is 12.3. The van der Waals surface area contributed by atoms with Crippen LogP contribution < -0.4 is 4.72 Å². The summed E-state index contributed by atoms with van der Waals surface area (Å²) in [7, 11) is -2.05. The Bertz CT molecular complexity index is 808. The summed E-state index contributed by atoms with van der Waals surface area (Å²) in [6, 6.07) is 6.05. The summed E-state index contributed by atoms with van der Waals surface area (Å²) in [4.78, 5) is 11.9. The number of benzene rings is 1. The Morgan fingerprint density at radius 1 is 1.26 bits per heavy atom. The van der Waals surface area contributed by atoms with Gasteiger partial charge in [-0.15, -0.1) is 0 Å². The highest BCUT2D eigenvalue weighted by atomic mass is 32.2. The Hall–Kier alpha value is -2.35. The molecule has 23 heavy (non-hydrogen) atoms. The fraction of sp³-hybridized carbons (Fsp3) is 0.333. The molecule has 0 saturated heterocycles. The molecule has 1 aromatic carbocycles. The number of ether oxygens (including phenoxy) is 1. The molecule has 0 bridgehead atoms. The predicted molar refractivity (Wildman–Crippen MR) is 85.7 cm³/mol. The van der Waals surface area contributed by atoms with Crippen molar-refractivity contribution in [3.8, 4) is 0 Å². The average molecular weight is 337 g/mol. The molecule has 8 heteroatoms. The Kier molecular flexibility index (Phi) is 4.74. The van der Waals surface area contributed by atoms with Crippen LogP contribution in [0.5, 0.6) is 0 Å². The summed E-state index contributed by atoms with van der Waals surface area (Å²) in [6.45, 7) is 5.19. The van der Waals surface area contributed by atoms with Crippen molar-refractivity contribution in [1.29, 1.82) is 0 Å². The van der Waals surface area contributed by atoms with Crippen LogP contribution in [0.3, 0.4) is 0 Å².